The molecule has 0 N–H and O–H groups in total. The van der Waals surface area contributed by atoms with Crippen molar-refractivity contribution in [2.24, 2.45) is 11.8 Å². The lowest BCUT2D eigenvalue weighted by Crippen LogP contribution is -2.45. The van der Waals surface area contributed by atoms with Crippen molar-refractivity contribution in [2.75, 3.05) is 26.2 Å². The van der Waals surface area contributed by atoms with Gasteiger partial charge in [0.05, 0.1) is 18.4 Å². The number of carbonyl (C=O) groups excluding carboxylic acids is 3. The molecule has 3 rings (SSSR count). The molecule has 0 aliphatic carbocycles. The molecular formula is C20H25FN2O4. The van der Waals surface area contributed by atoms with Gasteiger partial charge in [0.1, 0.15) is 5.82 Å². The fourth-order valence-electron chi connectivity index (χ4n) is 3.79. The zero-order valence-corrected chi connectivity index (χ0v) is 15.5. The number of ether oxygens (including phenoxy) is 1. The lowest BCUT2D eigenvalue weighted by Gasteiger charge is -2.33. The van der Waals surface area contributed by atoms with Crippen molar-refractivity contribution in [3.8, 4) is 0 Å². The van der Waals surface area contributed by atoms with E-state index in [0.29, 0.717) is 32.8 Å². The number of piperidine rings is 1. The van der Waals surface area contributed by atoms with E-state index in [2.05, 4.69) is 0 Å². The summed E-state index contributed by atoms with van der Waals surface area (Å²) in [5.74, 6) is -1.39. The second-order valence-electron chi connectivity index (χ2n) is 7.18. The molecule has 2 amide bonds. The maximum absolute atomic E-state index is 13.0. The number of hydrogen-bond acceptors (Lipinski definition) is 4. The number of benzene rings is 1. The van der Waals surface area contributed by atoms with E-state index in [4.69, 9.17) is 4.74 Å². The highest BCUT2D eigenvalue weighted by Crippen LogP contribution is 2.25. The van der Waals surface area contributed by atoms with E-state index in [-0.39, 0.29) is 41.9 Å². The molecule has 1 aromatic carbocycles. The third kappa shape index (κ3) is 4.64. The number of esters is 1. The number of carbonyl (C=O) groups is 3. The Balaban J connectivity index is 1.58. The zero-order chi connectivity index (χ0) is 19.4. The largest absolute Gasteiger partial charge is 0.466 e. The summed E-state index contributed by atoms with van der Waals surface area (Å²) in [6.45, 7) is 3.80. The predicted molar refractivity (Wildman–Crippen MR) is 95.9 cm³/mol. The molecule has 0 saturated carbocycles. The van der Waals surface area contributed by atoms with Crippen LogP contribution in [0, 0.1) is 17.7 Å². The topological polar surface area (TPSA) is 66.9 Å². The van der Waals surface area contributed by atoms with Gasteiger partial charge in [0, 0.05) is 32.6 Å². The molecule has 0 bridgehead atoms. The van der Waals surface area contributed by atoms with Gasteiger partial charge < -0.3 is 14.5 Å². The lowest BCUT2D eigenvalue weighted by molar-refractivity contribution is -0.152. The van der Waals surface area contributed by atoms with E-state index in [0.717, 1.165) is 18.4 Å². The zero-order valence-electron chi connectivity index (χ0n) is 15.5. The molecule has 2 aliphatic rings. The summed E-state index contributed by atoms with van der Waals surface area (Å²) in [4.78, 5) is 40.5. The van der Waals surface area contributed by atoms with E-state index >= 15 is 0 Å². The quantitative estimate of drug-likeness (QED) is 0.737. The number of nitrogens with zero attached hydrogens (tertiary/aromatic N) is 2. The standard InChI is InChI=1S/C20H25FN2O4/c1-2-27-20(26)15-4-3-9-22(12-15)19(25)16-10-18(24)23(13-16)11-14-5-7-17(21)8-6-14/h5-8,15-16H,2-4,9-13H2,1H3. The van der Waals surface area contributed by atoms with Crippen LogP contribution in [0.1, 0.15) is 31.7 Å². The van der Waals surface area contributed by atoms with Crippen LogP contribution in [0.3, 0.4) is 0 Å². The Morgan fingerprint density at radius 1 is 1.19 bits per heavy atom. The first kappa shape index (κ1) is 19.3. The van der Waals surface area contributed by atoms with Crippen LogP contribution in [0.5, 0.6) is 0 Å². The smallest absolute Gasteiger partial charge is 0.310 e. The van der Waals surface area contributed by atoms with Crippen LogP contribution in [-0.2, 0) is 25.7 Å². The summed E-state index contributed by atoms with van der Waals surface area (Å²) in [6, 6.07) is 6.02. The van der Waals surface area contributed by atoms with Crippen LogP contribution in [0.2, 0.25) is 0 Å². The van der Waals surface area contributed by atoms with Crippen molar-refractivity contribution in [2.45, 2.75) is 32.7 Å². The highest BCUT2D eigenvalue weighted by molar-refractivity contribution is 5.89. The van der Waals surface area contributed by atoms with Crippen LogP contribution >= 0.6 is 0 Å². The van der Waals surface area contributed by atoms with Crippen molar-refractivity contribution in [3.63, 3.8) is 0 Å². The van der Waals surface area contributed by atoms with Gasteiger partial charge in [-0.25, -0.2) is 4.39 Å². The monoisotopic (exact) mass is 376 g/mol. The fourth-order valence-corrected chi connectivity index (χ4v) is 3.79. The molecule has 7 heteroatoms. The van der Waals surface area contributed by atoms with Crippen LogP contribution < -0.4 is 0 Å². The maximum atomic E-state index is 13.0. The Hall–Kier alpha value is -2.44. The Morgan fingerprint density at radius 2 is 1.93 bits per heavy atom. The molecule has 27 heavy (non-hydrogen) atoms. The Bertz CT molecular complexity index is 706. The molecule has 1 aromatic rings. The number of rotatable bonds is 5. The molecule has 2 unspecified atom stereocenters. The molecule has 146 valence electrons. The first-order valence-electron chi connectivity index (χ1n) is 9.45. The first-order valence-corrected chi connectivity index (χ1v) is 9.45. The van der Waals surface area contributed by atoms with Gasteiger partial charge in [-0.15, -0.1) is 0 Å². The minimum atomic E-state index is -0.390. The predicted octanol–water partition coefficient (Wildman–Crippen LogP) is 1.98. The average molecular weight is 376 g/mol. The van der Waals surface area contributed by atoms with E-state index in [9.17, 15) is 18.8 Å². The summed E-state index contributed by atoms with van der Waals surface area (Å²) in [6.07, 6.45) is 1.67. The molecular weight excluding hydrogens is 351 g/mol. The average Bonchev–Trinajstić information content (AvgIpc) is 3.04. The summed E-state index contributed by atoms with van der Waals surface area (Å²) >= 11 is 0. The van der Waals surface area contributed by atoms with Gasteiger partial charge in [0.2, 0.25) is 11.8 Å². The molecule has 2 saturated heterocycles. The number of halogens is 1. The van der Waals surface area contributed by atoms with Crippen LogP contribution in [-0.4, -0.2) is 53.8 Å². The van der Waals surface area contributed by atoms with Crippen molar-refractivity contribution >= 4 is 17.8 Å². The fraction of sp³-hybridized carbons (Fsp3) is 0.550. The second kappa shape index (κ2) is 8.50. The van der Waals surface area contributed by atoms with Crippen molar-refractivity contribution in [1.82, 2.24) is 9.80 Å². The van der Waals surface area contributed by atoms with Crippen LogP contribution in [0.4, 0.5) is 4.39 Å². The lowest BCUT2D eigenvalue weighted by atomic mass is 9.96. The number of amides is 2. The van der Waals surface area contributed by atoms with Crippen molar-refractivity contribution in [1.29, 1.82) is 0 Å². The normalized spacial score (nSPS) is 22.8. The van der Waals surface area contributed by atoms with Gasteiger partial charge in [-0.05, 0) is 37.5 Å². The van der Waals surface area contributed by atoms with E-state index in [1.54, 1.807) is 28.9 Å². The number of hydrogen-bond donors (Lipinski definition) is 0. The van der Waals surface area contributed by atoms with E-state index < -0.39 is 0 Å². The Kier molecular flexibility index (Phi) is 6.08. The summed E-state index contributed by atoms with van der Waals surface area (Å²) in [7, 11) is 0. The molecule has 2 atom stereocenters. The molecule has 0 radical (unpaired) electrons. The summed E-state index contributed by atoms with van der Waals surface area (Å²) in [5.41, 5.74) is 0.832. The van der Waals surface area contributed by atoms with Gasteiger partial charge in [-0.2, -0.15) is 0 Å². The Morgan fingerprint density at radius 3 is 2.63 bits per heavy atom. The molecule has 0 aromatic heterocycles. The first-order chi connectivity index (χ1) is 13.0. The highest BCUT2D eigenvalue weighted by atomic mass is 19.1. The molecule has 6 nitrogen and oxygen atoms in total. The van der Waals surface area contributed by atoms with E-state index in [1.807, 2.05) is 0 Å². The van der Waals surface area contributed by atoms with E-state index in [1.165, 1.54) is 12.1 Å². The van der Waals surface area contributed by atoms with Gasteiger partial charge in [0.15, 0.2) is 0 Å². The minimum absolute atomic E-state index is 0.0704. The van der Waals surface area contributed by atoms with Crippen LogP contribution in [0.25, 0.3) is 0 Å². The Labute approximate surface area is 158 Å². The third-order valence-electron chi connectivity index (χ3n) is 5.20. The highest BCUT2D eigenvalue weighted by Gasteiger charge is 2.38. The second-order valence-corrected chi connectivity index (χ2v) is 7.18. The molecule has 2 heterocycles. The minimum Gasteiger partial charge on any atom is -0.466 e. The number of likely N-dealkylation sites (tertiary alicyclic amines) is 2. The van der Waals surface area contributed by atoms with Crippen molar-refractivity contribution < 1.29 is 23.5 Å². The summed E-state index contributed by atoms with van der Waals surface area (Å²) < 4.78 is 18.1. The van der Waals surface area contributed by atoms with Crippen molar-refractivity contribution in [3.05, 3.63) is 35.6 Å². The van der Waals surface area contributed by atoms with Gasteiger partial charge in [-0.1, -0.05) is 12.1 Å². The van der Waals surface area contributed by atoms with Gasteiger partial charge in [0.25, 0.3) is 0 Å². The third-order valence-corrected chi connectivity index (χ3v) is 5.20. The molecule has 0 spiro atoms. The maximum Gasteiger partial charge on any atom is 0.310 e. The summed E-state index contributed by atoms with van der Waals surface area (Å²) in [5, 5.41) is 0. The molecule has 2 aliphatic heterocycles. The van der Waals surface area contributed by atoms with Gasteiger partial charge in [-0.3, -0.25) is 14.4 Å². The SMILES string of the molecule is CCOC(=O)C1CCCN(C(=O)C2CC(=O)N(Cc3ccc(F)cc3)C2)C1. The van der Waals surface area contributed by atoms with Gasteiger partial charge >= 0.3 is 5.97 Å². The van der Waals surface area contributed by atoms with Crippen LogP contribution in [0.15, 0.2) is 24.3 Å². The molecule has 2 fully saturated rings.